The topological polar surface area (TPSA) is 227 Å². The molecule has 7 atom stereocenters. The Balaban J connectivity index is 0.512. The van der Waals surface area contributed by atoms with Crippen molar-refractivity contribution >= 4 is 58.2 Å². The zero-order chi connectivity index (χ0) is 63.5. The molecule has 1 unspecified atom stereocenters. The lowest BCUT2D eigenvalue weighted by Crippen LogP contribution is -2.42. The Morgan fingerprint density at radius 3 is 1.57 bits per heavy atom. The van der Waals surface area contributed by atoms with Crippen LogP contribution in [0.3, 0.4) is 0 Å². The van der Waals surface area contributed by atoms with Crippen LogP contribution in [-0.2, 0) is 33.3 Å². The highest BCUT2D eigenvalue weighted by molar-refractivity contribution is 7.97. The molecule has 6 N–H and O–H groups in total. The Hall–Kier alpha value is -5.32. The number of nitrogens with zero attached hydrogens (tertiary/aromatic N) is 8. The molecule has 6 aliphatic rings. The second-order valence-electron chi connectivity index (χ2n) is 24.7. The Kier molecular flexibility index (Phi) is 26.2. The van der Waals surface area contributed by atoms with Crippen molar-refractivity contribution < 1.29 is 32.7 Å². The second kappa shape index (κ2) is 34.7. The summed E-state index contributed by atoms with van der Waals surface area (Å²) in [6.07, 6.45) is 6.51. The van der Waals surface area contributed by atoms with Gasteiger partial charge in [0.05, 0.1) is 66.7 Å². The SMILES string of the molecule is CN1CCCN([C@H]2Cc3c(C#N)cc(Cl)cc3[C@@H]2Oc2ccc(SN[C@@H]3CCN(CCOCCNC(=O)NCCCCNC(=O)NCCOCCN4CC[C@@H](NS(=O)c5ccc(O[C@H]6c7cc(Cl)cc(C#N)c7C[C@@H]6N6CCCN(C)CC6)cc5)C4)C3)cc2)CC1. The van der Waals surface area contributed by atoms with Gasteiger partial charge in [-0.1, -0.05) is 23.2 Å². The van der Waals surface area contributed by atoms with Gasteiger partial charge in [0.1, 0.15) is 34.7 Å². The Morgan fingerprint density at radius 2 is 1.07 bits per heavy atom. The van der Waals surface area contributed by atoms with Gasteiger partial charge >= 0.3 is 12.1 Å². The average molecular weight is 1330 g/mol. The van der Waals surface area contributed by atoms with Gasteiger partial charge in [-0.3, -0.25) is 24.3 Å². The molecule has 4 amide bonds. The molecule has 4 saturated heterocycles. The highest BCUT2D eigenvalue weighted by Crippen LogP contribution is 2.43. The standard InChI is InChI=1S/C66H90Cl2N14O7S2/c1-77-21-5-23-81(29-27-77)61-41-57-47(43-69)37-49(67)39-59(57)63(61)88-53-7-11-55(12-8-53)90-75-51-15-25-79(45-51)31-35-86-33-19-73-65(83)71-17-3-4-18-72-66(84)74-20-34-87-36-32-80-26-16-52(46-80)76-91(85)56-13-9-54(10-14-56)89-64-60-40-50(68)38-48(44-70)58(60)42-62(64)82-24-6-22-78(2)28-30-82/h7-14,37-40,51-52,61-64,75-76H,3-6,15-36,41-42,45-46H2,1-2H3,(H2,71,73,83)(H2,72,74,84)/t51-,52-,61+,62+,63+,64+,91?/m1/s1. The minimum absolute atomic E-state index is 0.0722. The zero-order valence-corrected chi connectivity index (χ0v) is 55.8. The number of urea groups is 2. The van der Waals surface area contributed by atoms with Gasteiger partial charge in [-0.05, 0) is 212 Å². The third-order valence-corrected chi connectivity index (χ3v) is 20.9. The third-order valence-electron chi connectivity index (χ3n) is 18.2. The Morgan fingerprint density at radius 1 is 0.593 bits per heavy atom. The van der Waals surface area contributed by atoms with Gasteiger partial charge in [0.2, 0.25) is 0 Å². The molecule has 21 nitrogen and oxygen atoms in total. The van der Waals surface area contributed by atoms with Crippen molar-refractivity contribution in [1.29, 1.82) is 10.5 Å². The van der Waals surface area contributed by atoms with Gasteiger partial charge in [0, 0.05) is 106 Å². The fourth-order valence-electron chi connectivity index (χ4n) is 13.2. The van der Waals surface area contributed by atoms with E-state index in [1.54, 1.807) is 24.1 Å². The highest BCUT2D eigenvalue weighted by atomic mass is 35.5. The van der Waals surface area contributed by atoms with Crippen LogP contribution in [0.1, 0.15) is 84.1 Å². The molecule has 0 saturated carbocycles. The maximum absolute atomic E-state index is 13.5. The summed E-state index contributed by atoms with van der Waals surface area (Å²) in [4.78, 5) is 40.9. The summed E-state index contributed by atoms with van der Waals surface area (Å²) in [6, 6.07) is 28.0. The molecule has 0 radical (unpaired) electrons. The summed E-state index contributed by atoms with van der Waals surface area (Å²) in [5.41, 5.74) is 5.28. The van der Waals surface area contributed by atoms with E-state index in [0.717, 1.165) is 176 Å². The fraction of sp³-hybridized carbons (Fsp3) is 0.576. The maximum atomic E-state index is 13.5. The Bertz CT molecular complexity index is 3150. The molecule has 4 aliphatic heterocycles. The van der Waals surface area contributed by atoms with Crippen LogP contribution in [0.2, 0.25) is 10.0 Å². The van der Waals surface area contributed by atoms with Gasteiger partial charge in [-0.15, -0.1) is 0 Å². The molecule has 0 aromatic heterocycles. The molecule has 4 heterocycles. The van der Waals surface area contributed by atoms with E-state index in [4.69, 9.17) is 42.1 Å². The van der Waals surface area contributed by atoms with Crippen molar-refractivity contribution in [3.63, 3.8) is 0 Å². The number of nitriles is 2. The van der Waals surface area contributed by atoms with Gasteiger partial charge in [0.15, 0.2) is 0 Å². The number of halogens is 2. The molecule has 4 fully saturated rings. The van der Waals surface area contributed by atoms with Gasteiger partial charge in [-0.2, -0.15) is 10.5 Å². The number of ether oxygens (including phenoxy) is 4. The Labute approximate surface area is 554 Å². The predicted molar refractivity (Wildman–Crippen MR) is 356 cm³/mol. The fourth-order valence-corrected chi connectivity index (χ4v) is 15.5. The van der Waals surface area contributed by atoms with Crippen molar-refractivity contribution in [3.8, 4) is 23.6 Å². The van der Waals surface area contributed by atoms with Crippen molar-refractivity contribution in [3.05, 3.63) is 116 Å². The largest absolute Gasteiger partial charge is 0.484 e. The van der Waals surface area contributed by atoms with Crippen LogP contribution in [0, 0.1) is 22.7 Å². The van der Waals surface area contributed by atoms with Crippen molar-refractivity contribution in [2.75, 3.05) is 158 Å². The third kappa shape index (κ3) is 19.9. The predicted octanol–water partition coefficient (Wildman–Crippen LogP) is 6.57. The van der Waals surface area contributed by atoms with Crippen LogP contribution in [0.25, 0.3) is 0 Å². The molecular formula is C66H90Cl2N14O7S2. The van der Waals surface area contributed by atoms with Crippen molar-refractivity contribution in [2.45, 2.75) is 97.5 Å². The number of unbranched alkanes of at least 4 members (excludes halogenated alkanes) is 1. The van der Waals surface area contributed by atoms with Crippen LogP contribution in [0.15, 0.2) is 82.6 Å². The van der Waals surface area contributed by atoms with Gasteiger partial charge in [0.25, 0.3) is 0 Å². The number of rotatable bonds is 29. The van der Waals surface area contributed by atoms with Gasteiger partial charge in [-0.25, -0.2) is 18.5 Å². The van der Waals surface area contributed by atoms with E-state index in [9.17, 15) is 24.3 Å². The molecule has 10 rings (SSSR count). The molecular weight excluding hydrogens is 1240 g/mol. The minimum atomic E-state index is -1.40. The number of fused-ring (bicyclic) bond motifs is 2. The second-order valence-corrected chi connectivity index (χ2v) is 27.7. The smallest absolute Gasteiger partial charge is 0.314 e. The lowest BCUT2D eigenvalue weighted by Gasteiger charge is -2.32. The number of likely N-dealkylation sites (N-methyl/N-ethyl adjacent to an activating group) is 2. The number of likely N-dealkylation sites (tertiary alicyclic amines) is 2. The van der Waals surface area contributed by atoms with Crippen LogP contribution < -0.4 is 40.2 Å². The quantitative estimate of drug-likeness (QED) is 0.0250. The maximum Gasteiger partial charge on any atom is 0.314 e. The van der Waals surface area contributed by atoms with Gasteiger partial charge < -0.3 is 50.0 Å². The summed E-state index contributed by atoms with van der Waals surface area (Å²) in [5.74, 6) is 1.48. The number of hydrogen-bond donors (Lipinski definition) is 6. The van der Waals surface area contributed by atoms with E-state index < -0.39 is 11.0 Å². The first-order chi connectivity index (χ1) is 44.4. The first-order valence-electron chi connectivity index (χ1n) is 32.4. The van der Waals surface area contributed by atoms with E-state index >= 15 is 0 Å². The molecule has 0 bridgehead atoms. The van der Waals surface area contributed by atoms with Crippen molar-refractivity contribution in [2.24, 2.45) is 0 Å². The van der Waals surface area contributed by atoms with Crippen molar-refractivity contribution in [1.82, 2.24) is 60.1 Å². The summed E-state index contributed by atoms with van der Waals surface area (Å²) < 4.78 is 45.6. The van der Waals surface area contributed by atoms with Crippen LogP contribution >= 0.6 is 35.1 Å². The molecule has 25 heteroatoms. The number of benzene rings is 4. The number of carbonyl (C=O) groups excluding carboxylic acids is 2. The van der Waals surface area contributed by atoms with Crippen LogP contribution in [0.4, 0.5) is 9.59 Å². The monoisotopic (exact) mass is 1320 g/mol. The minimum Gasteiger partial charge on any atom is -0.484 e. The number of nitrogens with one attached hydrogen (secondary N) is 6. The van der Waals surface area contributed by atoms with Crippen LogP contribution in [-0.4, -0.2) is 228 Å². The first-order valence-corrected chi connectivity index (χ1v) is 35.2. The summed E-state index contributed by atoms with van der Waals surface area (Å²) in [7, 11) is 2.93. The summed E-state index contributed by atoms with van der Waals surface area (Å²) in [6.45, 7) is 16.8. The molecule has 91 heavy (non-hydrogen) atoms. The van der Waals surface area contributed by atoms with E-state index in [-0.39, 0.29) is 42.4 Å². The summed E-state index contributed by atoms with van der Waals surface area (Å²) in [5, 5.41) is 32.4. The number of hydrogen-bond acceptors (Lipinski definition) is 17. The number of amides is 4. The highest BCUT2D eigenvalue weighted by Gasteiger charge is 2.42. The molecule has 4 aromatic rings. The van der Waals surface area contributed by atoms with E-state index in [1.165, 1.54) is 0 Å². The zero-order valence-electron chi connectivity index (χ0n) is 52.6. The normalized spacial score (nSPS) is 22.9. The lowest BCUT2D eigenvalue weighted by molar-refractivity contribution is 0.0804. The first kappa shape index (κ1) is 68.5. The molecule has 492 valence electrons. The molecule has 2 aliphatic carbocycles. The van der Waals surface area contributed by atoms with E-state index in [2.05, 4.69) is 98.5 Å². The summed E-state index contributed by atoms with van der Waals surface area (Å²) >= 11 is 14.7. The van der Waals surface area contributed by atoms with Crippen LogP contribution in [0.5, 0.6) is 11.5 Å². The number of carbonyl (C=O) groups is 2. The lowest BCUT2D eigenvalue weighted by atomic mass is 10.0. The van der Waals surface area contributed by atoms with E-state index in [1.807, 2.05) is 48.5 Å². The van der Waals surface area contributed by atoms with E-state index in [0.29, 0.717) is 90.5 Å². The average Bonchev–Trinajstić information content (AvgIpc) is 1.71. The molecule has 4 aromatic carbocycles. The molecule has 0 spiro atoms.